The zero-order valence-corrected chi connectivity index (χ0v) is 23.9. The van der Waals surface area contributed by atoms with Crippen LogP contribution >= 0.6 is 0 Å². The standard InChI is InChI=1S/C32H32N4O7/c1-39-23-13-9-21(10-14-23)32(20-7-5-4-6-8-20,22-11-15-24(40-2)16-12-22)42-17-25-27(37)28(41-3)31(43-25)36-19-35-26-29(36)33-18-34-30(26)38/h4-16,18-19,25,27-28,31,37H,17H2,1-3H3,(H,33,34,38)/t25-,27+,28?,31-/m1/s1. The molecule has 3 heterocycles. The van der Waals surface area contributed by atoms with Gasteiger partial charge in [0.15, 0.2) is 17.4 Å². The highest BCUT2D eigenvalue weighted by molar-refractivity contribution is 5.68. The van der Waals surface area contributed by atoms with Crippen LogP contribution in [0.3, 0.4) is 0 Å². The van der Waals surface area contributed by atoms with E-state index in [-0.39, 0.29) is 17.7 Å². The number of hydrogen-bond donors (Lipinski definition) is 2. The number of aromatic nitrogens is 4. The van der Waals surface area contributed by atoms with Crippen molar-refractivity contribution in [3.8, 4) is 11.5 Å². The minimum absolute atomic E-state index is 0.00881. The van der Waals surface area contributed by atoms with Gasteiger partial charge in [-0.15, -0.1) is 0 Å². The third kappa shape index (κ3) is 5.06. The molecule has 11 heteroatoms. The molecule has 0 aliphatic carbocycles. The van der Waals surface area contributed by atoms with Crippen LogP contribution in [-0.2, 0) is 19.8 Å². The molecule has 43 heavy (non-hydrogen) atoms. The lowest BCUT2D eigenvalue weighted by Crippen LogP contribution is -2.40. The SMILES string of the molecule is COc1ccc(C(OC[C@H]2O[C@@H](n3cnc4c(=O)[nH]cnc43)C(OC)[C@H]2O)(c2ccccc2)c2ccc(OC)cc2)cc1. The van der Waals surface area contributed by atoms with E-state index in [9.17, 15) is 9.90 Å². The monoisotopic (exact) mass is 584 g/mol. The van der Waals surface area contributed by atoms with Crippen LogP contribution in [0.2, 0.25) is 0 Å². The third-order valence-electron chi connectivity index (χ3n) is 7.86. The van der Waals surface area contributed by atoms with Crippen molar-refractivity contribution in [2.45, 2.75) is 30.1 Å². The zero-order chi connectivity index (χ0) is 30.0. The molecule has 0 amide bonds. The summed E-state index contributed by atoms with van der Waals surface area (Å²) < 4.78 is 31.5. The summed E-state index contributed by atoms with van der Waals surface area (Å²) in [6.07, 6.45) is -0.679. The molecule has 5 aromatic rings. The van der Waals surface area contributed by atoms with Gasteiger partial charge in [-0.05, 0) is 41.0 Å². The first-order valence-electron chi connectivity index (χ1n) is 13.7. The highest BCUT2D eigenvalue weighted by Gasteiger charge is 2.48. The third-order valence-corrected chi connectivity index (χ3v) is 7.86. The fraction of sp³-hybridized carbons (Fsp3) is 0.281. The first-order chi connectivity index (χ1) is 21.0. The topological polar surface area (TPSA) is 130 Å². The van der Waals surface area contributed by atoms with Crippen molar-refractivity contribution in [1.29, 1.82) is 0 Å². The number of aromatic amines is 1. The molecule has 2 N–H and O–H groups in total. The Balaban J connectivity index is 1.40. The van der Waals surface area contributed by atoms with Gasteiger partial charge in [0, 0.05) is 7.11 Å². The van der Waals surface area contributed by atoms with Crippen molar-refractivity contribution >= 4 is 11.2 Å². The van der Waals surface area contributed by atoms with Crippen LogP contribution < -0.4 is 15.0 Å². The minimum atomic E-state index is -1.10. The molecule has 1 aliphatic heterocycles. The van der Waals surface area contributed by atoms with Gasteiger partial charge in [-0.1, -0.05) is 54.6 Å². The molecular weight excluding hydrogens is 552 g/mol. The number of hydrogen-bond acceptors (Lipinski definition) is 9. The maximum atomic E-state index is 12.3. The van der Waals surface area contributed by atoms with Crippen LogP contribution in [0.4, 0.5) is 0 Å². The lowest BCUT2D eigenvalue weighted by Gasteiger charge is -2.37. The quantitative estimate of drug-likeness (QED) is 0.237. The summed E-state index contributed by atoms with van der Waals surface area (Å²) in [4.78, 5) is 23.3. The van der Waals surface area contributed by atoms with Gasteiger partial charge in [-0.3, -0.25) is 9.36 Å². The average molecular weight is 585 g/mol. The van der Waals surface area contributed by atoms with Crippen LogP contribution in [0.15, 0.2) is 96.3 Å². The molecule has 1 unspecified atom stereocenters. The highest BCUT2D eigenvalue weighted by atomic mass is 16.6. The molecule has 6 rings (SSSR count). The molecule has 0 bridgehead atoms. The molecule has 0 spiro atoms. The second kappa shape index (κ2) is 12.0. The lowest BCUT2D eigenvalue weighted by molar-refractivity contribution is -0.0948. The lowest BCUT2D eigenvalue weighted by atomic mass is 9.80. The smallest absolute Gasteiger partial charge is 0.278 e. The predicted molar refractivity (Wildman–Crippen MR) is 157 cm³/mol. The van der Waals surface area contributed by atoms with E-state index in [0.29, 0.717) is 17.1 Å². The van der Waals surface area contributed by atoms with Crippen molar-refractivity contribution in [2.24, 2.45) is 0 Å². The summed E-state index contributed by atoms with van der Waals surface area (Å²) in [5, 5.41) is 11.4. The van der Waals surface area contributed by atoms with Crippen molar-refractivity contribution < 1.29 is 28.8 Å². The molecule has 1 saturated heterocycles. The molecule has 11 nitrogen and oxygen atoms in total. The fourth-order valence-corrected chi connectivity index (χ4v) is 5.67. The van der Waals surface area contributed by atoms with Crippen molar-refractivity contribution in [1.82, 2.24) is 19.5 Å². The normalized spacial score (nSPS) is 20.4. The Morgan fingerprint density at radius 2 is 1.49 bits per heavy atom. The minimum Gasteiger partial charge on any atom is -0.497 e. The molecule has 4 atom stereocenters. The molecular formula is C32H32N4O7. The van der Waals surface area contributed by atoms with Crippen LogP contribution in [0.25, 0.3) is 11.2 Å². The Morgan fingerprint density at radius 3 is 2.07 bits per heavy atom. The van der Waals surface area contributed by atoms with E-state index in [1.165, 1.54) is 19.8 Å². The molecule has 3 aromatic carbocycles. The van der Waals surface area contributed by atoms with Crippen molar-refractivity contribution in [3.05, 3.63) is 119 Å². The van der Waals surface area contributed by atoms with E-state index in [1.54, 1.807) is 18.8 Å². The van der Waals surface area contributed by atoms with Crippen LogP contribution in [0.1, 0.15) is 22.9 Å². The Kier molecular flexibility index (Phi) is 7.96. The summed E-state index contributed by atoms with van der Waals surface area (Å²) in [6, 6.07) is 25.3. The summed E-state index contributed by atoms with van der Waals surface area (Å²) in [7, 11) is 4.74. The number of benzene rings is 3. The number of ether oxygens (including phenoxy) is 5. The van der Waals surface area contributed by atoms with Gasteiger partial charge in [0.05, 0.1) is 33.5 Å². The molecule has 0 saturated carbocycles. The summed E-state index contributed by atoms with van der Waals surface area (Å²) in [5.74, 6) is 1.42. The van der Waals surface area contributed by atoms with E-state index in [2.05, 4.69) is 15.0 Å². The van der Waals surface area contributed by atoms with Crippen molar-refractivity contribution in [3.63, 3.8) is 0 Å². The van der Waals surface area contributed by atoms with Gasteiger partial charge in [-0.2, -0.15) is 0 Å². The molecule has 222 valence electrons. The van der Waals surface area contributed by atoms with Crippen LogP contribution in [0.5, 0.6) is 11.5 Å². The number of imidazole rings is 1. The van der Waals surface area contributed by atoms with E-state index in [4.69, 9.17) is 23.7 Å². The van der Waals surface area contributed by atoms with Gasteiger partial charge in [0.2, 0.25) is 0 Å². The number of rotatable bonds is 10. The number of aliphatic hydroxyl groups excluding tert-OH is 1. The fourth-order valence-electron chi connectivity index (χ4n) is 5.67. The molecule has 1 fully saturated rings. The Hall–Kier alpha value is -4.55. The first kappa shape index (κ1) is 28.6. The Bertz CT molecular complexity index is 1670. The highest BCUT2D eigenvalue weighted by Crippen LogP contribution is 2.43. The number of nitrogens with one attached hydrogen (secondary N) is 1. The van der Waals surface area contributed by atoms with Gasteiger partial charge in [-0.25, -0.2) is 9.97 Å². The van der Waals surface area contributed by atoms with Gasteiger partial charge in [0.1, 0.15) is 35.4 Å². The Morgan fingerprint density at radius 1 is 0.884 bits per heavy atom. The Labute approximate surface area is 247 Å². The van der Waals surface area contributed by atoms with Gasteiger partial charge >= 0.3 is 0 Å². The van der Waals surface area contributed by atoms with Crippen LogP contribution in [0, 0.1) is 0 Å². The number of methoxy groups -OCH3 is 3. The van der Waals surface area contributed by atoms with E-state index in [0.717, 1.165) is 16.7 Å². The summed E-state index contributed by atoms with van der Waals surface area (Å²) in [6.45, 7) is -0.00881. The van der Waals surface area contributed by atoms with Crippen molar-refractivity contribution in [2.75, 3.05) is 27.9 Å². The second-order valence-corrected chi connectivity index (χ2v) is 10.1. The molecule has 2 aromatic heterocycles. The summed E-state index contributed by atoms with van der Waals surface area (Å²) in [5.41, 5.74) is 1.59. The van der Waals surface area contributed by atoms with E-state index in [1.807, 2.05) is 78.9 Å². The zero-order valence-electron chi connectivity index (χ0n) is 23.9. The second-order valence-electron chi connectivity index (χ2n) is 10.1. The van der Waals surface area contributed by atoms with Gasteiger partial charge < -0.3 is 33.8 Å². The van der Waals surface area contributed by atoms with E-state index < -0.39 is 30.1 Å². The average Bonchev–Trinajstić information content (AvgIpc) is 3.63. The number of aliphatic hydroxyl groups is 1. The largest absolute Gasteiger partial charge is 0.497 e. The molecule has 0 radical (unpaired) electrons. The maximum Gasteiger partial charge on any atom is 0.278 e. The maximum absolute atomic E-state index is 12.3. The first-order valence-corrected chi connectivity index (χ1v) is 13.7. The predicted octanol–water partition coefficient (Wildman–Crippen LogP) is 3.42. The van der Waals surface area contributed by atoms with Gasteiger partial charge in [0.25, 0.3) is 5.56 Å². The number of H-pyrrole nitrogens is 1. The number of nitrogens with zero attached hydrogens (tertiary/aromatic N) is 3. The van der Waals surface area contributed by atoms with E-state index >= 15 is 0 Å². The summed E-state index contributed by atoms with van der Waals surface area (Å²) >= 11 is 0. The molecule has 1 aliphatic rings. The number of fused-ring (bicyclic) bond motifs is 1. The van der Waals surface area contributed by atoms with Crippen LogP contribution in [-0.4, -0.2) is 70.9 Å².